The Hall–Kier alpha value is -4.72. The largest absolute Gasteiger partial charge is 0.480 e. The molecule has 0 heterocycles. The fourth-order valence-electron chi connectivity index (χ4n) is 4.95. The molecule has 2 unspecified atom stereocenters. The van der Waals surface area contributed by atoms with Crippen molar-refractivity contribution in [2.75, 3.05) is 6.16 Å². The number of ether oxygens (including phenoxy) is 1. The van der Waals surface area contributed by atoms with E-state index in [1.807, 2.05) is 36.4 Å². The number of hydrogen-bond acceptors (Lipinski definition) is 5. The van der Waals surface area contributed by atoms with Gasteiger partial charge in [-0.1, -0.05) is 121 Å². The molecule has 0 aliphatic carbocycles. The summed E-state index contributed by atoms with van der Waals surface area (Å²) in [6, 6.07) is 34.6. The van der Waals surface area contributed by atoms with Crippen molar-refractivity contribution in [2.45, 2.75) is 37.7 Å². The Morgan fingerprint density at radius 1 is 0.644 bits per heavy atom. The summed E-state index contributed by atoms with van der Waals surface area (Å²) in [6.45, 7) is -0.0303. The third kappa shape index (κ3) is 10.7. The minimum absolute atomic E-state index is 0.0144. The lowest BCUT2D eigenvalue weighted by atomic mass is 9.99. The van der Waals surface area contributed by atoms with Gasteiger partial charge in [-0.2, -0.15) is 0 Å². The van der Waals surface area contributed by atoms with E-state index in [1.165, 1.54) is 0 Å². The van der Waals surface area contributed by atoms with Gasteiger partial charge in [-0.25, -0.2) is 9.59 Å². The summed E-state index contributed by atoms with van der Waals surface area (Å²) in [5, 5.41) is 15.1. The zero-order valence-corrected chi connectivity index (χ0v) is 25.6. The molecule has 0 fully saturated rings. The summed E-state index contributed by atoms with van der Waals surface area (Å²) in [4.78, 5) is 50.2. The van der Waals surface area contributed by atoms with Crippen LogP contribution in [0.4, 0.5) is 4.79 Å². The van der Waals surface area contributed by atoms with E-state index in [4.69, 9.17) is 4.74 Å². The molecule has 0 aliphatic rings. The Morgan fingerprint density at radius 2 is 1.09 bits per heavy atom. The van der Waals surface area contributed by atoms with Crippen LogP contribution in [0.15, 0.2) is 121 Å². The summed E-state index contributed by atoms with van der Waals surface area (Å²) in [5.41, 5.74) is 2.92. The molecule has 45 heavy (non-hydrogen) atoms. The van der Waals surface area contributed by atoms with E-state index >= 15 is 0 Å². The van der Waals surface area contributed by atoms with Gasteiger partial charge in [0.15, 0.2) is 0 Å². The average Bonchev–Trinajstić information content (AvgIpc) is 3.04. The molecular formula is C35H37N2O7P. The number of carboxylic acids is 1. The van der Waals surface area contributed by atoms with Crippen molar-refractivity contribution in [1.29, 1.82) is 0 Å². The molecule has 10 heteroatoms. The van der Waals surface area contributed by atoms with Crippen LogP contribution >= 0.6 is 7.37 Å². The third-order valence-corrected chi connectivity index (χ3v) is 9.58. The quantitative estimate of drug-likeness (QED) is 0.129. The molecule has 0 radical (unpaired) electrons. The zero-order chi connectivity index (χ0) is 32.1. The molecule has 0 saturated heterocycles. The highest BCUT2D eigenvalue weighted by Gasteiger charge is 2.38. The maximum atomic E-state index is 14.1. The fourth-order valence-corrected chi connectivity index (χ4v) is 6.94. The number of carbonyl (C=O) groups is 3. The molecule has 9 nitrogen and oxygen atoms in total. The van der Waals surface area contributed by atoms with Crippen molar-refractivity contribution in [3.8, 4) is 0 Å². The first kappa shape index (κ1) is 33.2. The van der Waals surface area contributed by atoms with E-state index in [0.29, 0.717) is 5.56 Å². The number of hydrogen-bond donors (Lipinski definition) is 4. The van der Waals surface area contributed by atoms with E-state index in [2.05, 4.69) is 10.6 Å². The van der Waals surface area contributed by atoms with Crippen molar-refractivity contribution < 1.29 is 33.7 Å². The fraction of sp³-hybridized carbons (Fsp3) is 0.229. The predicted molar refractivity (Wildman–Crippen MR) is 172 cm³/mol. The summed E-state index contributed by atoms with van der Waals surface area (Å²) in [6.07, 6.45) is -1.22. The molecule has 4 aromatic rings. The van der Waals surface area contributed by atoms with Crippen LogP contribution in [0.2, 0.25) is 0 Å². The van der Waals surface area contributed by atoms with Gasteiger partial charge in [-0.3, -0.25) is 9.36 Å². The van der Waals surface area contributed by atoms with Gasteiger partial charge < -0.3 is 25.4 Å². The molecule has 4 rings (SSSR count). The number of nitrogens with one attached hydrogen (secondary N) is 2. The maximum absolute atomic E-state index is 14.1. The molecule has 4 atom stereocenters. The number of benzene rings is 4. The second-order valence-electron chi connectivity index (χ2n) is 10.8. The minimum atomic E-state index is -4.32. The van der Waals surface area contributed by atoms with Crippen LogP contribution in [0.25, 0.3) is 0 Å². The monoisotopic (exact) mass is 628 g/mol. The van der Waals surface area contributed by atoms with Gasteiger partial charge in [0.1, 0.15) is 18.4 Å². The molecule has 0 spiro atoms. The molecule has 2 amide bonds. The Kier molecular flexibility index (Phi) is 12.1. The molecular weight excluding hydrogens is 591 g/mol. The molecule has 0 bridgehead atoms. The van der Waals surface area contributed by atoms with E-state index in [9.17, 15) is 28.9 Å². The first-order valence-electron chi connectivity index (χ1n) is 14.6. The molecule has 0 aliphatic heterocycles. The lowest BCUT2D eigenvalue weighted by Gasteiger charge is -2.28. The SMILES string of the molecule is O=C(N[C@@H](Cc1ccccc1)P(=O)(O)CC(Cc1ccccc1)C(=O)N[C@@H](Cc1ccccc1)C(=O)O)OCc1ccccc1. The molecule has 4 N–H and O–H groups in total. The third-order valence-electron chi connectivity index (χ3n) is 7.33. The van der Waals surface area contributed by atoms with Gasteiger partial charge in [0.2, 0.25) is 13.3 Å². The molecule has 0 aromatic heterocycles. The summed E-state index contributed by atoms with van der Waals surface area (Å²) < 4.78 is 19.5. The molecule has 4 aromatic carbocycles. The maximum Gasteiger partial charge on any atom is 0.408 e. The topological polar surface area (TPSA) is 142 Å². The molecule has 0 saturated carbocycles. The van der Waals surface area contributed by atoms with E-state index in [-0.39, 0.29) is 25.9 Å². The summed E-state index contributed by atoms with van der Waals surface area (Å²) >= 11 is 0. The van der Waals surface area contributed by atoms with Crippen LogP contribution in [0.5, 0.6) is 0 Å². The van der Waals surface area contributed by atoms with E-state index in [1.54, 1.807) is 84.9 Å². The summed E-state index contributed by atoms with van der Waals surface area (Å²) in [5.74, 6) is -4.22. The Bertz CT molecular complexity index is 1570. The van der Waals surface area contributed by atoms with Crippen LogP contribution in [-0.2, 0) is 44.8 Å². The van der Waals surface area contributed by atoms with Crippen molar-refractivity contribution in [2.24, 2.45) is 5.92 Å². The lowest BCUT2D eigenvalue weighted by Crippen LogP contribution is -2.46. The Balaban J connectivity index is 1.56. The van der Waals surface area contributed by atoms with E-state index in [0.717, 1.165) is 16.7 Å². The number of alkyl carbamates (subject to hydrolysis) is 1. The number of carbonyl (C=O) groups excluding carboxylic acids is 2. The lowest BCUT2D eigenvalue weighted by molar-refractivity contribution is -0.142. The molecule has 234 valence electrons. The predicted octanol–water partition coefficient (Wildman–Crippen LogP) is 5.42. The Morgan fingerprint density at radius 3 is 1.58 bits per heavy atom. The zero-order valence-electron chi connectivity index (χ0n) is 24.7. The van der Waals surface area contributed by atoms with Crippen molar-refractivity contribution >= 4 is 25.3 Å². The number of carboxylic acid groups (broad SMARTS) is 1. The minimum Gasteiger partial charge on any atom is -0.480 e. The average molecular weight is 629 g/mol. The highest BCUT2D eigenvalue weighted by atomic mass is 31.2. The first-order chi connectivity index (χ1) is 21.7. The van der Waals surface area contributed by atoms with Crippen LogP contribution in [0.3, 0.4) is 0 Å². The van der Waals surface area contributed by atoms with Crippen LogP contribution in [-0.4, -0.2) is 46.0 Å². The number of rotatable bonds is 15. The number of aliphatic carboxylic acids is 1. The van der Waals surface area contributed by atoms with Crippen LogP contribution in [0, 0.1) is 5.92 Å². The van der Waals surface area contributed by atoms with Gasteiger partial charge in [0, 0.05) is 19.0 Å². The van der Waals surface area contributed by atoms with Gasteiger partial charge >= 0.3 is 12.1 Å². The van der Waals surface area contributed by atoms with Crippen molar-refractivity contribution in [3.05, 3.63) is 144 Å². The number of amides is 2. The van der Waals surface area contributed by atoms with Crippen LogP contribution < -0.4 is 10.6 Å². The van der Waals surface area contributed by atoms with Gasteiger partial charge in [0.05, 0.1) is 5.92 Å². The second kappa shape index (κ2) is 16.4. The standard InChI is InChI=1S/C35H37N2O7P/c38-33(36-31(34(39)40)22-27-15-7-2-8-16-27)30(21-26-13-5-1-6-14-26)25-45(42,43)32(23-28-17-9-3-10-18-28)37-35(41)44-24-29-19-11-4-12-20-29/h1-20,30-32H,21-25H2,(H,36,38)(H,37,41)(H,39,40)(H,42,43)/t30?,31-,32+/m0/s1. The van der Waals surface area contributed by atoms with Crippen molar-refractivity contribution in [1.82, 2.24) is 10.6 Å². The smallest absolute Gasteiger partial charge is 0.408 e. The van der Waals surface area contributed by atoms with Gasteiger partial charge in [-0.15, -0.1) is 0 Å². The van der Waals surface area contributed by atoms with Crippen molar-refractivity contribution in [3.63, 3.8) is 0 Å². The Labute approximate surface area is 262 Å². The van der Waals surface area contributed by atoms with Gasteiger partial charge in [-0.05, 0) is 28.7 Å². The second-order valence-corrected chi connectivity index (χ2v) is 13.3. The highest BCUT2D eigenvalue weighted by molar-refractivity contribution is 7.58. The van der Waals surface area contributed by atoms with Gasteiger partial charge in [0.25, 0.3) is 0 Å². The first-order valence-corrected chi connectivity index (χ1v) is 16.5. The highest BCUT2D eigenvalue weighted by Crippen LogP contribution is 2.48. The summed E-state index contributed by atoms with van der Waals surface area (Å²) in [7, 11) is -4.32. The van der Waals surface area contributed by atoms with E-state index < -0.39 is 49.2 Å². The normalized spacial score (nSPS) is 14.2. The van der Waals surface area contributed by atoms with Crippen LogP contribution in [0.1, 0.15) is 22.3 Å².